The van der Waals surface area contributed by atoms with E-state index in [0.717, 1.165) is 45.4 Å². The summed E-state index contributed by atoms with van der Waals surface area (Å²) >= 11 is 0. The lowest BCUT2D eigenvalue weighted by molar-refractivity contribution is -0.128. The first-order valence-electron chi connectivity index (χ1n) is 5.59. The van der Waals surface area contributed by atoms with Crippen molar-refractivity contribution in [3.8, 4) is 0 Å². The van der Waals surface area contributed by atoms with E-state index in [-0.39, 0.29) is 6.04 Å². The van der Waals surface area contributed by atoms with Crippen molar-refractivity contribution in [2.75, 3.05) is 32.7 Å². The van der Waals surface area contributed by atoms with Crippen molar-refractivity contribution in [1.82, 2.24) is 15.3 Å². The molecule has 4 heteroatoms. The van der Waals surface area contributed by atoms with E-state index < -0.39 is 0 Å². The number of hydrazine groups is 1. The number of carbonyl (C=O) groups is 1. The Morgan fingerprint density at radius 1 is 1.14 bits per heavy atom. The minimum absolute atomic E-state index is 0.141. The number of rotatable bonds is 2. The number of piperazine rings is 1. The van der Waals surface area contributed by atoms with Crippen molar-refractivity contribution >= 4 is 6.29 Å². The number of hydrogen-bond acceptors (Lipinski definition) is 4. The highest BCUT2D eigenvalue weighted by Crippen LogP contribution is 2.17. The fraction of sp³-hybridized carbons (Fsp3) is 0.900. The molecule has 0 aromatic carbocycles. The van der Waals surface area contributed by atoms with E-state index in [0.29, 0.717) is 0 Å². The Morgan fingerprint density at radius 2 is 1.93 bits per heavy atom. The molecule has 1 atom stereocenters. The summed E-state index contributed by atoms with van der Waals surface area (Å²) in [7, 11) is 0. The molecular weight excluding hydrogens is 178 g/mol. The molecule has 0 saturated carbocycles. The van der Waals surface area contributed by atoms with E-state index in [1.807, 2.05) is 0 Å². The normalized spacial score (nSPS) is 31.6. The van der Waals surface area contributed by atoms with Gasteiger partial charge in [-0.2, -0.15) is 0 Å². The van der Waals surface area contributed by atoms with Crippen LogP contribution in [0.25, 0.3) is 0 Å². The lowest BCUT2D eigenvalue weighted by Gasteiger charge is -2.42. The zero-order valence-corrected chi connectivity index (χ0v) is 8.61. The fourth-order valence-corrected chi connectivity index (χ4v) is 2.34. The summed E-state index contributed by atoms with van der Waals surface area (Å²) in [6, 6.07) is 0.141. The maximum absolute atomic E-state index is 10.9. The van der Waals surface area contributed by atoms with Gasteiger partial charge in [0.25, 0.3) is 0 Å². The molecule has 80 valence electrons. The van der Waals surface area contributed by atoms with Crippen LogP contribution in [0.4, 0.5) is 0 Å². The molecule has 2 aliphatic rings. The molecule has 2 saturated heterocycles. The second-order valence-corrected chi connectivity index (χ2v) is 4.07. The largest absolute Gasteiger partial charge is 0.314 e. The van der Waals surface area contributed by atoms with Crippen LogP contribution in [0.3, 0.4) is 0 Å². The third kappa shape index (κ3) is 2.13. The molecule has 2 rings (SSSR count). The molecule has 0 aromatic heterocycles. The average Bonchev–Trinajstić information content (AvgIpc) is 2.30. The molecule has 0 aliphatic carbocycles. The Kier molecular flexibility index (Phi) is 3.50. The monoisotopic (exact) mass is 197 g/mol. The smallest absolute Gasteiger partial charge is 0.138 e. The average molecular weight is 197 g/mol. The molecule has 0 radical (unpaired) electrons. The number of aldehydes is 1. The second kappa shape index (κ2) is 4.87. The van der Waals surface area contributed by atoms with Crippen molar-refractivity contribution in [1.29, 1.82) is 0 Å². The molecule has 0 spiro atoms. The van der Waals surface area contributed by atoms with Gasteiger partial charge >= 0.3 is 0 Å². The molecular formula is C10H19N3O. The lowest BCUT2D eigenvalue weighted by Crippen LogP contribution is -2.57. The van der Waals surface area contributed by atoms with Crippen LogP contribution in [0.1, 0.15) is 19.3 Å². The first-order chi connectivity index (χ1) is 6.92. The van der Waals surface area contributed by atoms with Crippen molar-refractivity contribution in [3.63, 3.8) is 0 Å². The van der Waals surface area contributed by atoms with Gasteiger partial charge in [-0.05, 0) is 12.8 Å². The summed E-state index contributed by atoms with van der Waals surface area (Å²) in [5, 5.41) is 7.95. The highest BCUT2D eigenvalue weighted by atomic mass is 16.1. The molecule has 1 unspecified atom stereocenters. The van der Waals surface area contributed by atoms with Crippen LogP contribution in [0.15, 0.2) is 0 Å². The fourth-order valence-electron chi connectivity index (χ4n) is 2.34. The summed E-state index contributed by atoms with van der Waals surface area (Å²) in [6.45, 7) is 5.24. The Morgan fingerprint density at radius 3 is 2.64 bits per heavy atom. The predicted octanol–water partition coefficient (Wildman–Crippen LogP) is -0.140. The predicted molar refractivity (Wildman–Crippen MR) is 54.9 cm³/mol. The molecule has 2 fully saturated rings. The summed E-state index contributed by atoms with van der Waals surface area (Å²) < 4.78 is 0. The summed E-state index contributed by atoms with van der Waals surface area (Å²) in [6.07, 6.45) is 4.58. The SMILES string of the molecule is O=CC1CCCCN1N1CCNCC1. The quantitative estimate of drug-likeness (QED) is 0.625. The van der Waals surface area contributed by atoms with E-state index >= 15 is 0 Å². The molecule has 0 amide bonds. The van der Waals surface area contributed by atoms with Gasteiger partial charge in [-0.3, -0.25) is 0 Å². The number of nitrogens with one attached hydrogen (secondary N) is 1. The van der Waals surface area contributed by atoms with Crippen molar-refractivity contribution in [2.45, 2.75) is 25.3 Å². The van der Waals surface area contributed by atoms with Gasteiger partial charge in [-0.15, -0.1) is 0 Å². The number of piperidine rings is 1. The Labute approximate surface area is 85.2 Å². The summed E-state index contributed by atoms with van der Waals surface area (Å²) in [5.74, 6) is 0. The maximum Gasteiger partial charge on any atom is 0.138 e. The van der Waals surface area contributed by atoms with Crippen molar-refractivity contribution in [3.05, 3.63) is 0 Å². The minimum atomic E-state index is 0.141. The number of nitrogens with zero attached hydrogens (tertiary/aromatic N) is 2. The molecule has 14 heavy (non-hydrogen) atoms. The highest BCUT2D eigenvalue weighted by molar-refractivity contribution is 5.57. The summed E-state index contributed by atoms with van der Waals surface area (Å²) in [5.41, 5.74) is 0. The second-order valence-electron chi connectivity index (χ2n) is 4.07. The highest BCUT2D eigenvalue weighted by Gasteiger charge is 2.27. The number of hydrogen-bond donors (Lipinski definition) is 1. The van der Waals surface area contributed by atoms with Crippen LogP contribution in [-0.2, 0) is 4.79 Å². The van der Waals surface area contributed by atoms with Gasteiger partial charge in [0.1, 0.15) is 6.29 Å². The first kappa shape index (κ1) is 10.1. The third-order valence-corrected chi connectivity index (χ3v) is 3.13. The maximum atomic E-state index is 10.9. The zero-order valence-electron chi connectivity index (χ0n) is 8.61. The van der Waals surface area contributed by atoms with Crippen LogP contribution in [0.2, 0.25) is 0 Å². The lowest BCUT2D eigenvalue weighted by atomic mass is 10.1. The minimum Gasteiger partial charge on any atom is -0.314 e. The van der Waals surface area contributed by atoms with Crippen molar-refractivity contribution in [2.24, 2.45) is 0 Å². The Balaban J connectivity index is 1.94. The molecule has 2 aliphatic heterocycles. The van der Waals surface area contributed by atoms with Gasteiger partial charge in [0.2, 0.25) is 0 Å². The molecule has 4 nitrogen and oxygen atoms in total. The topological polar surface area (TPSA) is 35.6 Å². The standard InChI is InChI=1S/C10H19N3O/c14-9-10-3-1-2-6-13(10)12-7-4-11-5-8-12/h9-11H,1-8H2. The van der Waals surface area contributed by atoms with E-state index in [1.54, 1.807) is 0 Å². The molecule has 2 heterocycles. The van der Waals surface area contributed by atoms with E-state index in [9.17, 15) is 4.79 Å². The third-order valence-electron chi connectivity index (χ3n) is 3.13. The van der Waals surface area contributed by atoms with E-state index in [2.05, 4.69) is 15.3 Å². The first-order valence-corrected chi connectivity index (χ1v) is 5.59. The van der Waals surface area contributed by atoms with Crippen LogP contribution < -0.4 is 5.32 Å². The van der Waals surface area contributed by atoms with Crippen LogP contribution in [0, 0.1) is 0 Å². The molecule has 0 aromatic rings. The van der Waals surface area contributed by atoms with Crippen LogP contribution in [-0.4, -0.2) is 55.1 Å². The summed E-state index contributed by atoms with van der Waals surface area (Å²) in [4.78, 5) is 10.9. The molecule has 1 N–H and O–H groups in total. The van der Waals surface area contributed by atoms with E-state index in [1.165, 1.54) is 12.8 Å². The molecule has 0 bridgehead atoms. The van der Waals surface area contributed by atoms with Gasteiger partial charge in [0.15, 0.2) is 0 Å². The van der Waals surface area contributed by atoms with Gasteiger partial charge < -0.3 is 10.1 Å². The number of carbonyl (C=O) groups excluding carboxylic acids is 1. The van der Waals surface area contributed by atoms with Gasteiger partial charge in [-0.25, -0.2) is 10.0 Å². The van der Waals surface area contributed by atoms with Gasteiger partial charge in [0.05, 0.1) is 6.04 Å². The van der Waals surface area contributed by atoms with Crippen LogP contribution in [0.5, 0.6) is 0 Å². The zero-order chi connectivity index (χ0) is 9.80. The van der Waals surface area contributed by atoms with Crippen LogP contribution >= 0.6 is 0 Å². The van der Waals surface area contributed by atoms with E-state index in [4.69, 9.17) is 0 Å². The van der Waals surface area contributed by atoms with Crippen molar-refractivity contribution < 1.29 is 4.79 Å². The van der Waals surface area contributed by atoms with Gasteiger partial charge in [-0.1, -0.05) is 6.42 Å². The Bertz CT molecular complexity index is 192. The van der Waals surface area contributed by atoms with Gasteiger partial charge in [0, 0.05) is 32.7 Å². The Hall–Kier alpha value is -0.450.